The molecule has 0 aliphatic rings. The normalized spacial score (nSPS) is 11.3. The van der Waals surface area contributed by atoms with Gasteiger partial charge in [-0.1, -0.05) is 23.2 Å². The van der Waals surface area contributed by atoms with Crippen LogP contribution in [0.25, 0.3) is 0 Å². The molecule has 10 heteroatoms. The number of nitrogens with one attached hydrogen (secondary N) is 1. The predicted molar refractivity (Wildman–Crippen MR) is 78.3 cm³/mol. The maximum atomic E-state index is 11.5. The molecule has 2 heterocycles. The molecule has 0 saturated heterocycles. The lowest BCUT2D eigenvalue weighted by Gasteiger charge is -2.10. The largest absolute Gasteiger partial charge is 0.323 e. The molecule has 0 bridgehead atoms. The highest BCUT2D eigenvalue weighted by Crippen LogP contribution is 2.13. The third-order valence-electron chi connectivity index (χ3n) is 2.11. The summed E-state index contributed by atoms with van der Waals surface area (Å²) in [5.74, 6) is 0. The molecule has 2 aromatic heterocycles. The molecule has 0 aliphatic carbocycles. The Labute approximate surface area is 127 Å². The number of hydrogen-bond acceptors (Lipinski definition) is 4. The monoisotopic (exact) mass is 339 g/mol. The molecular weight excluding hydrogens is 325 g/mol. The summed E-state index contributed by atoms with van der Waals surface area (Å²) in [6, 6.07) is 3.25. The molecule has 0 radical (unpaired) electrons. The number of aromatic nitrogens is 4. The van der Waals surface area contributed by atoms with Gasteiger partial charge in [-0.25, -0.2) is 0 Å². The lowest BCUT2D eigenvalue weighted by Crippen LogP contribution is -2.29. The summed E-state index contributed by atoms with van der Waals surface area (Å²) >= 11 is 11.1. The van der Waals surface area contributed by atoms with E-state index in [1.165, 1.54) is 20.2 Å². The number of hydrogen-bond donors (Lipinski definition) is 1. The van der Waals surface area contributed by atoms with Gasteiger partial charge in [0.2, 0.25) is 0 Å². The van der Waals surface area contributed by atoms with E-state index < -0.39 is 10.2 Å². The Morgan fingerprint density at radius 2 is 1.85 bits per heavy atom. The second-order valence-corrected chi connectivity index (χ2v) is 6.86. The number of rotatable bonds is 2. The van der Waals surface area contributed by atoms with Crippen molar-refractivity contribution in [2.45, 2.75) is 13.8 Å². The second kappa shape index (κ2) is 6.57. The summed E-state index contributed by atoms with van der Waals surface area (Å²) in [5.41, 5.74) is 1.56. The Balaban J connectivity index is 0.000000240. The van der Waals surface area contributed by atoms with Gasteiger partial charge in [0.1, 0.15) is 5.15 Å². The van der Waals surface area contributed by atoms with Gasteiger partial charge in [-0.15, -0.1) is 4.09 Å². The molecule has 0 unspecified atom stereocenters. The summed E-state index contributed by atoms with van der Waals surface area (Å²) < 4.78 is 24.9. The minimum atomic E-state index is -3.58. The van der Waals surface area contributed by atoms with Crippen molar-refractivity contribution in [3.63, 3.8) is 0 Å². The summed E-state index contributed by atoms with van der Waals surface area (Å²) in [5, 5.41) is 10.7. The summed E-state index contributed by atoms with van der Waals surface area (Å²) in [6.45, 7) is 3.58. The van der Waals surface area contributed by atoms with E-state index in [1.807, 2.05) is 6.92 Å². The standard InChI is InChI=1S/C6H10ClN3O2S.C4H5ClN2/c1-5-4-6(7)10(8-5)13(11,12)9(2)3;1-3-2-4(5)7-6-3/h4H,1-3H3;2H,1H3,(H,6,7). The fourth-order valence-corrected chi connectivity index (χ4v) is 2.63. The minimum absolute atomic E-state index is 0.0891. The van der Waals surface area contributed by atoms with Crippen LogP contribution in [-0.4, -0.2) is 46.2 Å². The van der Waals surface area contributed by atoms with E-state index in [9.17, 15) is 8.42 Å². The number of aryl methyl sites for hydroxylation is 2. The molecule has 7 nitrogen and oxygen atoms in total. The van der Waals surface area contributed by atoms with Gasteiger partial charge in [0.15, 0.2) is 5.15 Å². The minimum Gasteiger partial charge on any atom is -0.281 e. The lowest BCUT2D eigenvalue weighted by molar-refractivity contribution is 0.503. The van der Waals surface area contributed by atoms with Crippen LogP contribution < -0.4 is 0 Å². The van der Waals surface area contributed by atoms with E-state index in [1.54, 1.807) is 13.0 Å². The van der Waals surface area contributed by atoms with Crippen molar-refractivity contribution in [2.24, 2.45) is 0 Å². The first-order chi connectivity index (χ1) is 9.14. The van der Waals surface area contributed by atoms with E-state index in [-0.39, 0.29) is 5.15 Å². The summed E-state index contributed by atoms with van der Waals surface area (Å²) in [4.78, 5) is 0. The summed E-state index contributed by atoms with van der Waals surface area (Å²) in [6.07, 6.45) is 0. The second-order valence-electron chi connectivity index (χ2n) is 4.12. The zero-order valence-electron chi connectivity index (χ0n) is 11.4. The molecule has 0 atom stereocenters. The first-order valence-corrected chi connectivity index (χ1v) is 7.62. The first-order valence-electron chi connectivity index (χ1n) is 5.47. The van der Waals surface area contributed by atoms with Gasteiger partial charge in [-0.3, -0.25) is 5.10 Å². The molecule has 2 rings (SSSR count). The fraction of sp³-hybridized carbons (Fsp3) is 0.400. The number of aromatic amines is 1. The molecule has 0 saturated carbocycles. The van der Waals surface area contributed by atoms with E-state index in [0.717, 1.165) is 14.1 Å². The van der Waals surface area contributed by atoms with Crippen LogP contribution >= 0.6 is 23.2 Å². The van der Waals surface area contributed by atoms with Gasteiger partial charge in [0.05, 0.1) is 5.69 Å². The predicted octanol–water partition coefficient (Wildman–Crippen LogP) is 1.87. The van der Waals surface area contributed by atoms with Crippen molar-refractivity contribution < 1.29 is 8.42 Å². The summed E-state index contributed by atoms with van der Waals surface area (Å²) in [7, 11) is -0.741. The average molecular weight is 340 g/mol. The topological polar surface area (TPSA) is 83.9 Å². The fourth-order valence-electron chi connectivity index (χ4n) is 1.15. The van der Waals surface area contributed by atoms with E-state index >= 15 is 0 Å². The van der Waals surface area contributed by atoms with Crippen molar-refractivity contribution in [3.05, 3.63) is 33.8 Å². The molecule has 20 heavy (non-hydrogen) atoms. The van der Waals surface area contributed by atoms with Gasteiger partial charge < -0.3 is 0 Å². The smallest absolute Gasteiger partial charge is 0.281 e. The van der Waals surface area contributed by atoms with Crippen LogP contribution in [0.15, 0.2) is 12.1 Å². The van der Waals surface area contributed by atoms with E-state index in [4.69, 9.17) is 23.2 Å². The molecule has 0 aromatic carbocycles. The van der Waals surface area contributed by atoms with E-state index in [0.29, 0.717) is 10.8 Å². The van der Waals surface area contributed by atoms with Gasteiger partial charge in [0.25, 0.3) is 0 Å². The van der Waals surface area contributed by atoms with Crippen LogP contribution in [-0.2, 0) is 10.2 Å². The van der Waals surface area contributed by atoms with Crippen LogP contribution in [0.1, 0.15) is 11.4 Å². The quantitative estimate of drug-likeness (QED) is 0.905. The zero-order chi connectivity index (χ0) is 15.5. The Morgan fingerprint density at radius 1 is 1.25 bits per heavy atom. The van der Waals surface area contributed by atoms with Crippen molar-refractivity contribution in [1.82, 2.24) is 23.7 Å². The molecule has 2 aromatic rings. The van der Waals surface area contributed by atoms with Crippen LogP contribution in [0.4, 0.5) is 0 Å². The molecule has 112 valence electrons. The van der Waals surface area contributed by atoms with Gasteiger partial charge in [-0.2, -0.15) is 22.9 Å². The molecule has 0 aliphatic heterocycles. The number of halogens is 2. The molecule has 0 spiro atoms. The molecule has 0 amide bonds. The lowest BCUT2D eigenvalue weighted by atomic mass is 10.5. The molecule has 0 fully saturated rings. The Bertz CT molecular complexity index is 661. The Hall–Kier alpha value is -1.09. The Kier molecular flexibility index (Phi) is 5.58. The SMILES string of the molecule is Cc1cc(Cl)n(S(=O)(=O)N(C)C)n1.Cc1cc(Cl)n[nH]1. The van der Waals surface area contributed by atoms with Gasteiger partial charge in [0, 0.05) is 19.8 Å². The van der Waals surface area contributed by atoms with Crippen LogP contribution in [0.5, 0.6) is 0 Å². The van der Waals surface area contributed by atoms with E-state index in [2.05, 4.69) is 15.3 Å². The van der Waals surface area contributed by atoms with Gasteiger partial charge >= 0.3 is 10.2 Å². The maximum absolute atomic E-state index is 11.5. The van der Waals surface area contributed by atoms with Crippen LogP contribution in [0, 0.1) is 13.8 Å². The maximum Gasteiger partial charge on any atom is 0.323 e. The van der Waals surface area contributed by atoms with Crippen molar-refractivity contribution in [3.8, 4) is 0 Å². The number of nitrogens with zero attached hydrogens (tertiary/aromatic N) is 4. The van der Waals surface area contributed by atoms with Crippen molar-refractivity contribution in [2.75, 3.05) is 14.1 Å². The highest BCUT2D eigenvalue weighted by atomic mass is 35.5. The van der Waals surface area contributed by atoms with Crippen LogP contribution in [0.3, 0.4) is 0 Å². The highest BCUT2D eigenvalue weighted by Gasteiger charge is 2.20. The highest BCUT2D eigenvalue weighted by molar-refractivity contribution is 7.87. The van der Waals surface area contributed by atoms with Crippen molar-refractivity contribution in [1.29, 1.82) is 0 Å². The Morgan fingerprint density at radius 3 is 2.10 bits per heavy atom. The third-order valence-corrected chi connectivity index (χ3v) is 4.32. The first kappa shape index (κ1) is 17.0. The zero-order valence-corrected chi connectivity index (χ0v) is 13.8. The van der Waals surface area contributed by atoms with Crippen molar-refractivity contribution >= 4 is 33.4 Å². The third kappa shape index (κ3) is 4.20. The van der Waals surface area contributed by atoms with Crippen LogP contribution in [0.2, 0.25) is 10.3 Å². The number of H-pyrrole nitrogens is 1. The molecule has 1 N–H and O–H groups in total. The van der Waals surface area contributed by atoms with Gasteiger partial charge in [-0.05, 0) is 26.0 Å². The average Bonchev–Trinajstić information content (AvgIpc) is 2.85. The molecular formula is C10H15Cl2N5O2S.